The zero-order valence-electron chi connectivity index (χ0n) is 11.4. The first-order valence-corrected chi connectivity index (χ1v) is 9.94. The Morgan fingerprint density at radius 2 is 1.95 bits per heavy atom. The maximum atomic E-state index is 12.6. The average Bonchev–Trinajstić information content (AvgIpc) is 3.09. The summed E-state index contributed by atoms with van der Waals surface area (Å²) in [7, 11) is -3.62. The molecule has 1 aromatic rings. The highest BCUT2D eigenvalue weighted by Crippen LogP contribution is 2.33. The Labute approximate surface area is 141 Å². The van der Waals surface area contributed by atoms with Crippen LogP contribution in [-0.4, -0.2) is 38.5 Å². The van der Waals surface area contributed by atoms with Crippen LogP contribution in [0, 0.1) is 0 Å². The molecule has 1 atom stereocenters. The minimum absolute atomic E-state index is 0.0365. The highest BCUT2D eigenvalue weighted by Gasteiger charge is 2.36. The Bertz CT molecular complexity index is 638. The number of halogens is 2. The first-order chi connectivity index (χ1) is 9.87. The fourth-order valence-corrected chi connectivity index (χ4v) is 6.13. The fourth-order valence-electron chi connectivity index (χ4n) is 2.80. The van der Waals surface area contributed by atoms with Crippen LogP contribution in [0.15, 0.2) is 26.0 Å². The van der Waals surface area contributed by atoms with E-state index < -0.39 is 10.0 Å². The standard InChI is InChI=1S/C13H17Br2N3O2S/c14-8-5-11(15)13(12(16)6-8)21(19,20)17-9-3-4-18(7-9)10-1-2-10/h5-6,9-10,17H,1-4,7,16H2. The SMILES string of the molecule is Nc1cc(Br)cc(Br)c1S(=O)(=O)NC1CCN(C2CC2)C1. The molecule has 1 aliphatic heterocycles. The summed E-state index contributed by atoms with van der Waals surface area (Å²) in [5, 5.41) is 0. The van der Waals surface area contributed by atoms with Crippen molar-refractivity contribution in [2.75, 3.05) is 18.8 Å². The molecule has 0 aromatic heterocycles. The van der Waals surface area contributed by atoms with E-state index in [0.29, 0.717) is 10.5 Å². The van der Waals surface area contributed by atoms with Gasteiger partial charge in [-0.1, -0.05) is 15.9 Å². The van der Waals surface area contributed by atoms with Crippen molar-refractivity contribution < 1.29 is 8.42 Å². The van der Waals surface area contributed by atoms with Gasteiger partial charge in [0.2, 0.25) is 10.0 Å². The van der Waals surface area contributed by atoms with Crippen molar-refractivity contribution in [2.24, 2.45) is 0 Å². The molecule has 2 fully saturated rings. The molecule has 0 spiro atoms. The second kappa shape index (κ2) is 5.81. The van der Waals surface area contributed by atoms with Crippen LogP contribution in [0.5, 0.6) is 0 Å². The van der Waals surface area contributed by atoms with E-state index in [9.17, 15) is 8.42 Å². The number of nitrogens with zero attached hydrogens (tertiary/aromatic N) is 1. The van der Waals surface area contributed by atoms with Gasteiger partial charge in [-0.15, -0.1) is 0 Å². The van der Waals surface area contributed by atoms with Gasteiger partial charge in [0, 0.05) is 34.1 Å². The van der Waals surface area contributed by atoms with E-state index in [1.54, 1.807) is 12.1 Å². The number of rotatable bonds is 4. The number of anilines is 1. The Kier molecular flexibility index (Phi) is 4.35. The maximum absolute atomic E-state index is 12.6. The van der Waals surface area contributed by atoms with Crippen molar-refractivity contribution in [3.8, 4) is 0 Å². The molecule has 2 aliphatic rings. The van der Waals surface area contributed by atoms with Crippen LogP contribution in [0.1, 0.15) is 19.3 Å². The highest BCUT2D eigenvalue weighted by atomic mass is 79.9. The summed E-state index contributed by atoms with van der Waals surface area (Å²) in [5.41, 5.74) is 6.12. The molecule has 1 heterocycles. The molecular weight excluding hydrogens is 422 g/mol. The molecule has 1 aliphatic carbocycles. The number of benzene rings is 1. The number of nitrogens with one attached hydrogen (secondary N) is 1. The van der Waals surface area contributed by atoms with Gasteiger partial charge in [0.15, 0.2) is 0 Å². The lowest BCUT2D eigenvalue weighted by Gasteiger charge is -2.17. The lowest BCUT2D eigenvalue weighted by atomic mass is 10.3. The zero-order valence-corrected chi connectivity index (χ0v) is 15.3. The fraction of sp³-hybridized carbons (Fsp3) is 0.538. The van der Waals surface area contributed by atoms with E-state index >= 15 is 0 Å². The number of sulfonamides is 1. The molecule has 21 heavy (non-hydrogen) atoms. The summed E-state index contributed by atoms with van der Waals surface area (Å²) < 4.78 is 29.2. The van der Waals surface area contributed by atoms with Gasteiger partial charge in [-0.2, -0.15) is 0 Å². The first-order valence-electron chi connectivity index (χ1n) is 6.88. The van der Waals surface area contributed by atoms with Crippen LogP contribution in [-0.2, 0) is 10.0 Å². The van der Waals surface area contributed by atoms with Gasteiger partial charge in [-0.25, -0.2) is 13.1 Å². The molecule has 5 nitrogen and oxygen atoms in total. The van der Waals surface area contributed by atoms with E-state index in [2.05, 4.69) is 41.5 Å². The largest absolute Gasteiger partial charge is 0.398 e. The van der Waals surface area contributed by atoms with E-state index in [-0.39, 0.29) is 16.6 Å². The predicted octanol–water partition coefficient (Wildman–Crippen LogP) is 2.31. The molecule has 1 unspecified atom stereocenters. The number of likely N-dealkylation sites (tertiary alicyclic amines) is 1. The summed E-state index contributed by atoms with van der Waals surface area (Å²) in [4.78, 5) is 2.49. The van der Waals surface area contributed by atoms with E-state index in [1.165, 1.54) is 12.8 Å². The molecule has 0 amide bonds. The molecule has 0 bridgehead atoms. The molecule has 3 rings (SSSR count). The average molecular weight is 439 g/mol. The van der Waals surface area contributed by atoms with E-state index in [4.69, 9.17) is 5.73 Å². The van der Waals surface area contributed by atoms with Crippen molar-refractivity contribution in [3.63, 3.8) is 0 Å². The maximum Gasteiger partial charge on any atom is 0.244 e. The van der Waals surface area contributed by atoms with E-state index in [1.807, 2.05) is 0 Å². The third-order valence-electron chi connectivity index (χ3n) is 3.91. The van der Waals surface area contributed by atoms with Crippen molar-refractivity contribution in [1.82, 2.24) is 9.62 Å². The molecule has 1 saturated heterocycles. The number of hydrogen-bond donors (Lipinski definition) is 2. The third-order valence-corrected chi connectivity index (χ3v) is 6.89. The summed E-state index contributed by atoms with van der Waals surface area (Å²) in [6, 6.07) is 3.93. The van der Waals surface area contributed by atoms with Crippen LogP contribution >= 0.6 is 31.9 Å². The smallest absolute Gasteiger partial charge is 0.244 e. The molecular formula is C13H17Br2N3O2S. The Morgan fingerprint density at radius 3 is 2.57 bits per heavy atom. The molecule has 1 aromatic carbocycles. The van der Waals surface area contributed by atoms with Gasteiger partial charge in [0.05, 0.1) is 5.69 Å². The van der Waals surface area contributed by atoms with Crippen LogP contribution in [0.25, 0.3) is 0 Å². The van der Waals surface area contributed by atoms with Crippen molar-refractivity contribution >= 4 is 47.6 Å². The topological polar surface area (TPSA) is 75.4 Å². The number of nitrogens with two attached hydrogens (primary N) is 1. The predicted molar refractivity (Wildman–Crippen MR) is 89.6 cm³/mol. The van der Waals surface area contributed by atoms with Gasteiger partial charge < -0.3 is 5.73 Å². The Balaban J connectivity index is 1.78. The van der Waals surface area contributed by atoms with Gasteiger partial charge in [-0.3, -0.25) is 4.90 Å². The van der Waals surface area contributed by atoms with Crippen LogP contribution < -0.4 is 10.5 Å². The second-order valence-electron chi connectivity index (χ2n) is 5.64. The van der Waals surface area contributed by atoms with Crippen molar-refractivity contribution in [1.29, 1.82) is 0 Å². The molecule has 116 valence electrons. The Morgan fingerprint density at radius 1 is 1.24 bits per heavy atom. The van der Waals surface area contributed by atoms with Crippen molar-refractivity contribution in [3.05, 3.63) is 21.1 Å². The monoisotopic (exact) mass is 437 g/mol. The lowest BCUT2D eigenvalue weighted by Crippen LogP contribution is -2.37. The quantitative estimate of drug-likeness (QED) is 0.707. The lowest BCUT2D eigenvalue weighted by molar-refractivity contribution is 0.322. The van der Waals surface area contributed by atoms with Gasteiger partial charge >= 0.3 is 0 Å². The molecule has 8 heteroatoms. The van der Waals surface area contributed by atoms with E-state index in [0.717, 1.165) is 24.0 Å². The summed E-state index contributed by atoms with van der Waals surface area (Å²) in [6.45, 7) is 1.76. The summed E-state index contributed by atoms with van der Waals surface area (Å²) in [6.07, 6.45) is 3.33. The van der Waals surface area contributed by atoms with Gasteiger partial charge in [-0.05, 0) is 47.3 Å². The second-order valence-corrected chi connectivity index (χ2v) is 9.06. The van der Waals surface area contributed by atoms with Crippen LogP contribution in [0.3, 0.4) is 0 Å². The minimum atomic E-state index is -3.62. The van der Waals surface area contributed by atoms with Crippen LogP contribution in [0.2, 0.25) is 0 Å². The summed E-state index contributed by atoms with van der Waals surface area (Å²) in [5.74, 6) is 0. The number of hydrogen-bond acceptors (Lipinski definition) is 4. The molecule has 0 radical (unpaired) electrons. The van der Waals surface area contributed by atoms with Gasteiger partial charge in [0.25, 0.3) is 0 Å². The third kappa shape index (κ3) is 3.44. The minimum Gasteiger partial charge on any atom is -0.398 e. The summed E-state index contributed by atoms with van der Waals surface area (Å²) >= 11 is 6.59. The Hall–Kier alpha value is -0.150. The first kappa shape index (κ1) is 15.7. The van der Waals surface area contributed by atoms with Gasteiger partial charge in [0.1, 0.15) is 4.90 Å². The van der Waals surface area contributed by atoms with Crippen molar-refractivity contribution in [2.45, 2.75) is 36.2 Å². The highest BCUT2D eigenvalue weighted by molar-refractivity contribution is 9.11. The zero-order chi connectivity index (χ0) is 15.2. The van der Waals surface area contributed by atoms with Crippen LogP contribution in [0.4, 0.5) is 5.69 Å². The normalized spacial score (nSPS) is 23.6. The number of nitrogen functional groups attached to an aromatic ring is 1. The molecule has 3 N–H and O–H groups in total. The molecule has 1 saturated carbocycles.